The SMILES string of the molecule is O=C(COC(=O)CNC(=O)c1ccc(Br)cc1)NC1CCCCCCC1. The topological polar surface area (TPSA) is 84.5 Å². The third kappa shape index (κ3) is 7.56. The van der Waals surface area contributed by atoms with Crippen LogP contribution in [0, 0.1) is 0 Å². The van der Waals surface area contributed by atoms with E-state index < -0.39 is 5.97 Å². The van der Waals surface area contributed by atoms with Crippen LogP contribution in [0.1, 0.15) is 55.3 Å². The fourth-order valence-corrected chi connectivity index (χ4v) is 3.19. The van der Waals surface area contributed by atoms with Gasteiger partial charge in [0, 0.05) is 16.1 Å². The zero-order valence-corrected chi connectivity index (χ0v) is 16.3. The van der Waals surface area contributed by atoms with Gasteiger partial charge in [0.1, 0.15) is 6.54 Å². The van der Waals surface area contributed by atoms with E-state index in [1.165, 1.54) is 19.3 Å². The minimum atomic E-state index is -0.636. The number of nitrogens with one attached hydrogen (secondary N) is 2. The lowest BCUT2D eigenvalue weighted by Gasteiger charge is -2.20. The van der Waals surface area contributed by atoms with Gasteiger partial charge in [0.05, 0.1) is 0 Å². The Kier molecular flexibility index (Phi) is 8.61. The van der Waals surface area contributed by atoms with Gasteiger partial charge in [-0.1, -0.05) is 48.0 Å². The van der Waals surface area contributed by atoms with Gasteiger partial charge in [-0.2, -0.15) is 0 Å². The van der Waals surface area contributed by atoms with Crippen molar-refractivity contribution in [1.82, 2.24) is 10.6 Å². The fourth-order valence-electron chi connectivity index (χ4n) is 2.92. The van der Waals surface area contributed by atoms with Gasteiger partial charge in [-0.05, 0) is 37.1 Å². The number of hydrogen-bond donors (Lipinski definition) is 2. The number of rotatable bonds is 6. The number of hydrogen-bond acceptors (Lipinski definition) is 4. The highest BCUT2D eigenvalue weighted by atomic mass is 79.9. The summed E-state index contributed by atoms with van der Waals surface area (Å²) in [7, 11) is 0. The molecule has 2 rings (SSSR count). The van der Waals surface area contributed by atoms with Crippen LogP contribution in [0.2, 0.25) is 0 Å². The zero-order chi connectivity index (χ0) is 18.8. The first-order chi connectivity index (χ1) is 12.5. The van der Waals surface area contributed by atoms with Gasteiger partial charge < -0.3 is 15.4 Å². The van der Waals surface area contributed by atoms with Crippen LogP contribution in [0.25, 0.3) is 0 Å². The lowest BCUT2D eigenvalue weighted by molar-refractivity contribution is -0.147. The molecule has 26 heavy (non-hydrogen) atoms. The largest absolute Gasteiger partial charge is 0.454 e. The Balaban J connectivity index is 1.65. The highest BCUT2D eigenvalue weighted by Crippen LogP contribution is 2.17. The summed E-state index contributed by atoms with van der Waals surface area (Å²) in [5.74, 6) is -1.29. The van der Waals surface area contributed by atoms with Crippen LogP contribution in [-0.2, 0) is 14.3 Å². The van der Waals surface area contributed by atoms with Crippen LogP contribution in [0.15, 0.2) is 28.7 Å². The molecule has 0 unspecified atom stereocenters. The van der Waals surface area contributed by atoms with Gasteiger partial charge in [0.25, 0.3) is 11.8 Å². The minimum Gasteiger partial charge on any atom is -0.454 e. The molecule has 0 spiro atoms. The molecule has 0 atom stereocenters. The van der Waals surface area contributed by atoms with Crippen LogP contribution >= 0.6 is 15.9 Å². The molecule has 0 aliphatic heterocycles. The second-order valence-electron chi connectivity index (χ2n) is 6.46. The Bertz CT molecular complexity index is 610. The summed E-state index contributed by atoms with van der Waals surface area (Å²) in [5.41, 5.74) is 0.447. The fraction of sp³-hybridized carbons (Fsp3) is 0.526. The zero-order valence-electron chi connectivity index (χ0n) is 14.8. The summed E-state index contributed by atoms with van der Waals surface area (Å²) in [6, 6.07) is 6.94. The summed E-state index contributed by atoms with van der Waals surface area (Å²) in [5, 5.41) is 5.41. The van der Waals surface area contributed by atoms with Gasteiger partial charge in [-0.25, -0.2) is 0 Å². The molecular formula is C19H25BrN2O4. The number of amides is 2. The molecule has 0 heterocycles. The number of esters is 1. The summed E-state index contributed by atoms with van der Waals surface area (Å²) in [4.78, 5) is 35.5. The van der Waals surface area contributed by atoms with Gasteiger partial charge >= 0.3 is 5.97 Å². The average molecular weight is 425 g/mol. The minimum absolute atomic E-state index is 0.165. The predicted molar refractivity (Wildman–Crippen MR) is 102 cm³/mol. The van der Waals surface area contributed by atoms with Gasteiger partial charge in [-0.3, -0.25) is 14.4 Å². The van der Waals surface area contributed by atoms with Crippen LogP contribution in [0.5, 0.6) is 0 Å². The molecule has 2 N–H and O–H groups in total. The van der Waals surface area contributed by atoms with Crippen molar-refractivity contribution in [2.45, 2.75) is 51.0 Å². The number of carbonyl (C=O) groups excluding carboxylic acids is 3. The normalized spacial score (nSPS) is 15.4. The van der Waals surface area contributed by atoms with Crippen molar-refractivity contribution in [3.8, 4) is 0 Å². The molecule has 1 aliphatic carbocycles. The van der Waals surface area contributed by atoms with Crippen LogP contribution in [0.3, 0.4) is 0 Å². The van der Waals surface area contributed by atoms with E-state index in [1.807, 2.05) is 0 Å². The number of carbonyl (C=O) groups is 3. The molecule has 1 fully saturated rings. The Morgan fingerprint density at radius 1 is 1.00 bits per heavy atom. The van der Waals surface area contributed by atoms with E-state index in [9.17, 15) is 14.4 Å². The molecule has 6 nitrogen and oxygen atoms in total. The molecule has 1 aliphatic rings. The molecule has 1 saturated carbocycles. The van der Waals surface area contributed by atoms with Crippen molar-refractivity contribution in [3.05, 3.63) is 34.3 Å². The first-order valence-corrected chi connectivity index (χ1v) is 9.82. The van der Waals surface area contributed by atoms with E-state index in [0.717, 1.165) is 30.2 Å². The van der Waals surface area contributed by atoms with Gasteiger partial charge in [0.2, 0.25) is 0 Å². The Labute approximate surface area is 162 Å². The molecular weight excluding hydrogens is 400 g/mol. The monoisotopic (exact) mass is 424 g/mol. The lowest BCUT2D eigenvalue weighted by Crippen LogP contribution is -2.39. The molecule has 1 aromatic rings. The van der Waals surface area contributed by atoms with Crippen LogP contribution in [0.4, 0.5) is 0 Å². The maximum absolute atomic E-state index is 11.9. The molecule has 7 heteroatoms. The smallest absolute Gasteiger partial charge is 0.325 e. The van der Waals surface area contributed by atoms with Crippen LogP contribution in [-0.4, -0.2) is 37.0 Å². The average Bonchev–Trinajstić information content (AvgIpc) is 2.60. The van der Waals surface area contributed by atoms with Crippen molar-refractivity contribution in [2.75, 3.05) is 13.2 Å². The first kappa shape index (κ1) is 20.4. The predicted octanol–water partition coefficient (Wildman–Crippen LogP) is 2.95. The van der Waals surface area contributed by atoms with E-state index in [4.69, 9.17) is 4.74 Å². The molecule has 0 bridgehead atoms. The third-order valence-electron chi connectivity index (χ3n) is 4.33. The van der Waals surface area contributed by atoms with E-state index >= 15 is 0 Å². The highest BCUT2D eigenvalue weighted by molar-refractivity contribution is 9.10. The number of ether oxygens (including phenoxy) is 1. The Morgan fingerprint density at radius 3 is 2.27 bits per heavy atom. The van der Waals surface area contributed by atoms with Gasteiger partial charge in [-0.15, -0.1) is 0 Å². The van der Waals surface area contributed by atoms with E-state index in [1.54, 1.807) is 24.3 Å². The van der Waals surface area contributed by atoms with Gasteiger partial charge in [0.15, 0.2) is 6.61 Å². The summed E-state index contributed by atoms with van der Waals surface area (Å²) < 4.78 is 5.80. The van der Waals surface area contributed by atoms with E-state index in [0.29, 0.717) is 5.56 Å². The Morgan fingerprint density at radius 2 is 1.62 bits per heavy atom. The summed E-state index contributed by atoms with van der Waals surface area (Å²) in [6.45, 7) is -0.588. The van der Waals surface area contributed by atoms with Crippen molar-refractivity contribution >= 4 is 33.7 Å². The van der Waals surface area contributed by atoms with E-state index in [-0.39, 0.29) is 31.0 Å². The second kappa shape index (κ2) is 11.0. The standard InChI is InChI=1S/C19H25BrN2O4/c20-15-10-8-14(9-11-15)19(25)21-12-18(24)26-13-17(23)22-16-6-4-2-1-3-5-7-16/h8-11,16H,1-7,12-13H2,(H,21,25)(H,22,23). The van der Waals surface area contributed by atoms with Crippen molar-refractivity contribution in [3.63, 3.8) is 0 Å². The molecule has 2 amide bonds. The summed E-state index contributed by atoms with van der Waals surface area (Å²) in [6.07, 6.45) is 7.87. The molecule has 142 valence electrons. The molecule has 0 radical (unpaired) electrons. The highest BCUT2D eigenvalue weighted by Gasteiger charge is 2.15. The summed E-state index contributed by atoms with van der Waals surface area (Å²) >= 11 is 3.29. The number of halogens is 1. The lowest BCUT2D eigenvalue weighted by atomic mass is 9.97. The van der Waals surface area contributed by atoms with E-state index in [2.05, 4.69) is 26.6 Å². The molecule has 0 aromatic heterocycles. The quantitative estimate of drug-likeness (QED) is 0.687. The molecule has 1 aromatic carbocycles. The maximum Gasteiger partial charge on any atom is 0.325 e. The third-order valence-corrected chi connectivity index (χ3v) is 4.86. The second-order valence-corrected chi connectivity index (χ2v) is 7.38. The van der Waals surface area contributed by atoms with Crippen molar-refractivity contribution in [1.29, 1.82) is 0 Å². The van der Waals surface area contributed by atoms with Crippen molar-refractivity contribution in [2.24, 2.45) is 0 Å². The first-order valence-electron chi connectivity index (χ1n) is 9.03. The maximum atomic E-state index is 11.9. The number of benzene rings is 1. The Hall–Kier alpha value is -1.89. The van der Waals surface area contributed by atoms with Crippen molar-refractivity contribution < 1.29 is 19.1 Å². The van der Waals surface area contributed by atoms with Crippen LogP contribution < -0.4 is 10.6 Å². The molecule has 0 saturated heterocycles.